The van der Waals surface area contributed by atoms with Crippen molar-refractivity contribution in [2.75, 3.05) is 6.61 Å². The van der Waals surface area contributed by atoms with E-state index in [0.29, 0.717) is 6.61 Å². The summed E-state index contributed by atoms with van der Waals surface area (Å²) in [4.78, 5) is 10.5. The van der Waals surface area contributed by atoms with Gasteiger partial charge in [0.2, 0.25) is 0 Å². The molecular formula is C12H22O2. The minimum atomic E-state index is -0.212. The number of hydrogen-bond donors (Lipinski definition) is 0. The average molecular weight is 198 g/mol. The Bertz CT molecular complexity index is 192. The number of ether oxygens (including phenoxy) is 1. The van der Waals surface area contributed by atoms with Crippen molar-refractivity contribution >= 4 is 5.97 Å². The van der Waals surface area contributed by atoms with Crippen molar-refractivity contribution < 1.29 is 9.53 Å². The molecule has 2 heteroatoms. The maximum Gasteiger partial charge on any atom is 0.302 e. The smallest absolute Gasteiger partial charge is 0.302 e. The first-order valence-electron chi connectivity index (χ1n) is 5.31. The van der Waals surface area contributed by atoms with E-state index < -0.39 is 0 Å². The zero-order valence-electron chi connectivity index (χ0n) is 9.80. The summed E-state index contributed by atoms with van der Waals surface area (Å²) in [6, 6.07) is 0. The van der Waals surface area contributed by atoms with E-state index in [1.165, 1.54) is 25.3 Å². The third kappa shape index (κ3) is 9.30. The van der Waals surface area contributed by atoms with Gasteiger partial charge in [-0.05, 0) is 31.8 Å². The van der Waals surface area contributed by atoms with Crippen LogP contribution in [0.3, 0.4) is 0 Å². The van der Waals surface area contributed by atoms with E-state index in [2.05, 4.69) is 20.8 Å². The molecule has 0 aromatic rings. The van der Waals surface area contributed by atoms with Gasteiger partial charge in [0.05, 0.1) is 0 Å². The first-order valence-corrected chi connectivity index (χ1v) is 5.31. The van der Waals surface area contributed by atoms with Gasteiger partial charge in [-0.3, -0.25) is 4.79 Å². The highest BCUT2D eigenvalue weighted by atomic mass is 16.5. The fourth-order valence-corrected chi connectivity index (χ4v) is 1.19. The monoisotopic (exact) mass is 198 g/mol. The lowest BCUT2D eigenvalue weighted by atomic mass is 10.0. The van der Waals surface area contributed by atoms with Crippen LogP contribution < -0.4 is 0 Å². The Labute approximate surface area is 87.3 Å². The van der Waals surface area contributed by atoms with Crippen LogP contribution in [0.5, 0.6) is 0 Å². The fourth-order valence-electron chi connectivity index (χ4n) is 1.19. The number of hydrogen-bond acceptors (Lipinski definition) is 2. The van der Waals surface area contributed by atoms with Crippen molar-refractivity contribution in [3.8, 4) is 0 Å². The van der Waals surface area contributed by atoms with Gasteiger partial charge in [-0.25, -0.2) is 0 Å². The lowest BCUT2D eigenvalue weighted by Crippen LogP contribution is -1.98. The maximum atomic E-state index is 10.5. The molecule has 0 saturated carbocycles. The molecule has 0 aromatic heterocycles. The lowest BCUT2D eigenvalue weighted by Gasteiger charge is -2.04. The van der Waals surface area contributed by atoms with Crippen molar-refractivity contribution in [1.29, 1.82) is 0 Å². The van der Waals surface area contributed by atoms with E-state index in [9.17, 15) is 4.79 Å². The second-order valence-electron chi connectivity index (χ2n) is 4.14. The van der Waals surface area contributed by atoms with Gasteiger partial charge in [-0.2, -0.15) is 0 Å². The quantitative estimate of drug-likeness (QED) is 0.483. The fraction of sp³-hybridized carbons (Fsp3) is 0.750. The number of carbonyl (C=O) groups excluding carboxylic acids is 1. The summed E-state index contributed by atoms with van der Waals surface area (Å²) in [6.45, 7) is 8.41. The van der Waals surface area contributed by atoms with Gasteiger partial charge in [-0.15, -0.1) is 0 Å². The molecule has 0 aromatic carbocycles. The van der Waals surface area contributed by atoms with Gasteiger partial charge in [0.25, 0.3) is 0 Å². The Morgan fingerprint density at radius 1 is 1.36 bits per heavy atom. The predicted octanol–water partition coefficient (Wildman–Crippen LogP) is 3.32. The van der Waals surface area contributed by atoms with Gasteiger partial charge in [0, 0.05) is 6.92 Å². The standard InChI is InChI=1S/C12H22O2/c1-10(2)6-5-7-11(3)8-9-14-12(4)13/h8,10H,5-7,9H2,1-4H3. The molecule has 0 aliphatic heterocycles. The van der Waals surface area contributed by atoms with Crippen LogP contribution in [0.1, 0.15) is 47.0 Å². The van der Waals surface area contributed by atoms with Gasteiger partial charge < -0.3 is 4.74 Å². The molecule has 0 atom stereocenters. The third-order valence-corrected chi connectivity index (χ3v) is 2.07. The van der Waals surface area contributed by atoms with Crippen molar-refractivity contribution in [2.24, 2.45) is 5.92 Å². The Kier molecular flexibility index (Phi) is 7.17. The molecule has 0 heterocycles. The highest BCUT2D eigenvalue weighted by Crippen LogP contribution is 2.11. The van der Waals surface area contributed by atoms with E-state index in [1.54, 1.807) is 0 Å². The van der Waals surface area contributed by atoms with E-state index >= 15 is 0 Å². The third-order valence-electron chi connectivity index (χ3n) is 2.07. The second-order valence-corrected chi connectivity index (χ2v) is 4.14. The normalized spacial score (nSPS) is 11.9. The largest absolute Gasteiger partial charge is 0.462 e. The molecule has 0 aliphatic carbocycles. The molecule has 14 heavy (non-hydrogen) atoms. The molecule has 2 nitrogen and oxygen atoms in total. The number of esters is 1. The first kappa shape index (κ1) is 13.2. The van der Waals surface area contributed by atoms with Crippen LogP contribution in [-0.4, -0.2) is 12.6 Å². The van der Waals surface area contributed by atoms with Crippen molar-refractivity contribution in [3.63, 3.8) is 0 Å². The Morgan fingerprint density at radius 2 is 2.00 bits per heavy atom. The molecule has 0 radical (unpaired) electrons. The highest BCUT2D eigenvalue weighted by Gasteiger charge is 1.95. The van der Waals surface area contributed by atoms with Crippen LogP contribution in [0.25, 0.3) is 0 Å². The van der Waals surface area contributed by atoms with Crippen LogP contribution in [0.2, 0.25) is 0 Å². The van der Waals surface area contributed by atoms with Crippen LogP contribution in [-0.2, 0) is 9.53 Å². The minimum Gasteiger partial charge on any atom is -0.462 e. The van der Waals surface area contributed by atoms with Crippen molar-refractivity contribution in [3.05, 3.63) is 11.6 Å². The van der Waals surface area contributed by atoms with Gasteiger partial charge in [0.15, 0.2) is 0 Å². The number of carbonyl (C=O) groups is 1. The molecular weight excluding hydrogens is 176 g/mol. The Morgan fingerprint density at radius 3 is 2.50 bits per heavy atom. The SMILES string of the molecule is CC(=O)OCC=C(C)CCCC(C)C. The molecule has 0 N–H and O–H groups in total. The molecule has 0 fully saturated rings. The highest BCUT2D eigenvalue weighted by molar-refractivity contribution is 5.66. The van der Waals surface area contributed by atoms with E-state index in [1.807, 2.05) is 6.08 Å². The summed E-state index contributed by atoms with van der Waals surface area (Å²) in [5.74, 6) is 0.562. The van der Waals surface area contributed by atoms with E-state index in [4.69, 9.17) is 4.74 Å². The Hall–Kier alpha value is -0.790. The zero-order chi connectivity index (χ0) is 11.0. The summed E-state index contributed by atoms with van der Waals surface area (Å²) in [7, 11) is 0. The topological polar surface area (TPSA) is 26.3 Å². The summed E-state index contributed by atoms with van der Waals surface area (Å²) >= 11 is 0. The zero-order valence-corrected chi connectivity index (χ0v) is 9.80. The molecule has 0 unspecified atom stereocenters. The molecule has 0 saturated heterocycles. The molecule has 0 amide bonds. The summed E-state index contributed by atoms with van der Waals surface area (Å²) in [5.41, 5.74) is 1.31. The van der Waals surface area contributed by atoms with Gasteiger partial charge in [0.1, 0.15) is 6.61 Å². The predicted molar refractivity (Wildman–Crippen MR) is 59.1 cm³/mol. The van der Waals surface area contributed by atoms with Gasteiger partial charge in [-0.1, -0.05) is 25.8 Å². The molecule has 0 bridgehead atoms. The van der Waals surface area contributed by atoms with Gasteiger partial charge >= 0.3 is 5.97 Å². The summed E-state index contributed by atoms with van der Waals surface area (Å²) < 4.78 is 4.82. The maximum absolute atomic E-state index is 10.5. The van der Waals surface area contributed by atoms with Crippen molar-refractivity contribution in [1.82, 2.24) is 0 Å². The number of rotatable bonds is 6. The van der Waals surface area contributed by atoms with Crippen LogP contribution in [0, 0.1) is 5.92 Å². The second kappa shape index (κ2) is 7.60. The van der Waals surface area contributed by atoms with Crippen molar-refractivity contribution in [2.45, 2.75) is 47.0 Å². The molecule has 0 spiro atoms. The molecule has 82 valence electrons. The first-order chi connectivity index (χ1) is 6.52. The van der Waals surface area contributed by atoms with Crippen LogP contribution in [0.15, 0.2) is 11.6 Å². The number of allylic oxidation sites excluding steroid dienone is 1. The van der Waals surface area contributed by atoms with Crippen LogP contribution in [0.4, 0.5) is 0 Å². The molecule has 0 rings (SSSR count). The minimum absolute atomic E-state index is 0.212. The van der Waals surface area contributed by atoms with E-state index in [0.717, 1.165) is 12.3 Å². The Balaban J connectivity index is 3.51. The summed E-state index contributed by atoms with van der Waals surface area (Å²) in [5, 5.41) is 0. The van der Waals surface area contributed by atoms with E-state index in [-0.39, 0.29) is 5.97 Å². The summed E-state index contributed by atoms with van der Waals surface area (Å²) in [6.07, 6.45) is 5.58. The molecule has 0 aliphatic rings. The van der Waals surface area contributed by atoms with Crippen LogP contribution >= 0.6 is 0 Å². The lowest BCUT2D eigenvalue weighted by molar-refractivity contribution is -0.139. The average Bonchev–Trinajstić information content (AvgIpc) is 2.02.